The Morgan fingerprint density at radius 1 is 1.33 bits per heavy atom. The lowest BCUT2D eigenvalue weighted by Crippen LogP contribution is -2.36. The van der Waals surface area contributed by atoms with Gasteiger partial charge in [-0.3, -0.25) is 0 Å². The zero-order chi connectivity index (χ0) is 12.5. The molecule has 3 nitrogen and oxygen atoms in total. The van der Waals surface area contributed by atoms with E-state index < -0.39 is 0 Å². The van der Waals surface area contributed by atoms with E-state index in [1.54, 1.807) is 0 Å². The molecule has 18 heavy (non-hydrogen) atoms. The molecular formula is C15H23N3. The second-order valence-electron chi connectivity index (χ2n) is 5.80. The Kier molecular flexibility index (Phi) is 3.25. The van der Waals surface area contributed by atoms with Crippen LogP contribution in [0.25, 0.3) is 0 Å². The molecule has 0 amide bonds. The monoisotopic (exact) mass is 245 g/mol. The highest BCUT2D eigenvalue weighted by Gasteiger charge is 2.37. The average Bonchev–Trinajstić information content (AvgIpc) is 2.82. The summed E-state index contributed by atoms with van der Waals surface area (Å²) in [6, 6.07) is 4.90. The Labute approximate surface area is 109 Å². The van der Waals surface area contributed by atoms with Crippen LogP contribution in [-0.2, 0) is 0 Å². The van der Waals surface area contributed by atoms with E-state index in [1.807, 2.05) is 12.3 Å². The smallest absolute Gasteiger partial charge is 0.133 e. The summed E-state index contributed by atoms with van der Waals surface area (Å²) in [7, 11) is 0. The predicted molar refractivity (Wildman–Crippen MR) is 74.5 cm³/mol. The molecule has 1 aliphatic heterocycles. The molecule has 1 aliphatic carbocycles. The first-order valence-electron chi connectivity index (χ1n) is 7.24. The average molecular weight is 245 g/mol. The van der Waals surface area contributed by atoms with Crippen molar-refractivity contribution in [1.82, 2.24) is 4.98 Å². The van der Waals surface area contributed by atoms with Crippen LogP contribution in [0.3, 0.4) is 0 Å². The van der Waals surface area contributed by atoms with Crippen molar-refractivity contribution in [3.05, 3.63) is 23.9 Å². The van der Waals surface area contributed by atoms with E-state index in [-0.39, 0.29) is 6.04 Å². The Hall–Kier alpha value is -1.09. The summed E-state index contributed by atoms with van der Waals surface area (Å²) in [6.07, 6.45) is 8.76. The third-order valence-corrected chi connectivity index (χ3v) is 4.59. The summed E-state index contributed by atoms with van der Waals surface area (Å²) in [5.41, 5.74) is 7.28. The van der Waals surface area contributed by atoms with Gasteiger partial charge in [0.15, 0.2) is 0 Å². The standard InChI is InChI=1S/C15H23N3/c1-11(16)13-6-4-9-17-15(13)18-10-8-12-5-2-3-7-14(12)18/h4,6,9,11-12,14H,2-3,5,7-8,10,16H2,1H3/t11-,12?,14?/m1/s1. The number of hydrogen-bond acceptors (Lipinski definition) is 3. The Balaban J connectivity index is 1.90. The van der Waals surface area contributed by atoms with Gasteiger partial charge in [0.25, 0.3) is 0 Å². The van der Waals surface area contributed by atoms with Gasteiger partial charge in [-0.25, -0.2) is 4.98 Å². The highest BCUT2D eigenvalue weighted by Crippen LogP contribution is 2.39. The van der Waals surface area contributed by atoms with Crippen LogP contribution in [0, 0.1) is 5.92 Å². The Bertz CT molecular complexity index is 416. The minimum Gasteiger partial charge on any atom is -0.353 e. The van der Waals surface area contributed by atoms with Crippen molar-refractivity contribution in [3.8, 4) is 0 Å². The van der Waals surface area contributed by atoms with E-state index in [1.165, 1.54) is 37.7 Å². The normalized spacial score (nSPS) is 29.1. The number of aromatic nitrogens is 1. The van der Waals surface area contributed by atoms with Gasteiger partial charge in [-0.05, 0) is 38.2 Å². The van der Waals surface area contributed by atoms with Gasteiger partial charge in [0, 0.05) is 30.4 Å². The maximum atomic E-state index is 6.08. The van der Waals surface area contributed by atoms with Crippen LogP contribution in [0.4, 0.5) is 5.82 Å². The molecular weight excluding hydrogens is 222 g/mol. The molecule has 3 rings (SSSR count). The molecule has 2 heterocycles. The molecule has 2 unspecified atom stereocenters. The van der Waals surface area contributed by atoms with Crippen LogP contribution in [0.5, 0.6) is 0 Å². The Morgan fingerprint density at radius 3 is 3.00 bits per heavy atom. The second-order valence-corrected chi connectivity index (χ2v) is 5.80. The molecule has 3 atom stereocenters. The van der Waals surface area contributed by atoms with Crippen molar-refractivity contribution in [3.63, 3.8) is 0 Å². The molecule has 2 N–H and O–H groups in total. The van der Waals surface area contributed by atoms with E-state index in [2.05, 4.69) is 22.9 Å². The fraction of sp³-hybridized carbons (Fsp3) is 0.667. The molecule has 2 fully saturated rings. The van der Waals surface area contributed by atoms with Gasteiger partial charge in [0.05, 0.1) is 0 Å². The van der Waals surface area contributed by atoms with E-state index >= 15 is 0 Å². The van der Waals surface area contributed by atoms with Crippen molar-refractivity contribution in [2.75, 3.05) is 11.4 Å². The van der Waals surface area contributed by atoms with Crippen molar-refractivity contribution in [2.45, 2.75) is 51.1 Å². The highest BCUT2D eigenvalue weighted by atomic mass is 15.2. The molecule has 0 bridgehead atoms. The quantitative estimate of drug-likeness (QED) is 0.871. The topological polar surface area (TPSA) is 42.1 Å². The van der Waals surface area contributed by atoms with E-state index in [9.17, 15) is 0 Å². The SMILES string of the molecule is C[C@@H](N)c1cccnc1N1CCC2CCCCC21. The Morgan fingerprint density at radius 2 is 2.17 bits per heavy atom. The number of fused-ring (bicyclic) bond motifs is 1. The molecule has 0 aromatic carbocycles. The lowest BCUT2D eigenvalue weighted by atomic mass is 9.85. The maximum Gasteiger partial charge on any atom is 0.133 e. The van der Waals surface area contributed by atoms with Gasteiger partial charge in [-0.2, -0.15) is 0 Å². The first kappa shape index (κ1) is 12.0. The summed E-state index contributed by atoms with van der Waals surface area (Å²) in [5, 5.41) is 0. The number of nitrogens with zero attached hydrogens (tertiary/aromatic N) is 2. The summed E-state index contributed by atoms with van der Waals surface area (Å²) < 4.78 is 0. The van der Waals surface area contributed by atoms with Crippen LogP contribution in [0.1, 0.15) is 50.6 Å². The zero-order valence-electron chi connectivity index (χ0n) is 11.2. The molecule has 98 valence electrons. The molecule has 0 radical (unpaired) electrons. The van der Waals surface area contributed by atoms with Crippen molar-refractivity contribution in [1.29, 1.82) is 0 Å². The van der Waals surface area contributed by atoms with Gasteiger partial charge in [-0.15, -0.1) is 0 Å². The third kappa shape index (κ3) is 2.01. The summed E-state index contributed by atoms with van der Waals surface area (Å²) >= 11 is 0. The molecule has 2 aliphatic rings. The van der Waals surface area contributed by atoms with Gasteiger partial charge >= 0.3 is 0 Å². The second kappa shape index (κ2) is 4.88. The first-order valence-corrected chi connectivity index (χ1v) is 7.24. The van der Waals surface area contributed by atoms with E-state index in [4.69, 9.17) is 5.73 Å². The number of pyridine rings is 1. The third-order valence-electron chi connectivity index (χ3n) is 4.59. The lowest BCUT2D eigenvalue weighted by molar-refractivity contribution is 0.341. The number of rotatable bonds is 2. The van der Waals surface area contributed by atoms with Gasteiger partial charge in [0.1, 0.15) is 5.82 Å². The minimum absolute atomic E-state index is 0.0661. The molecule has 1 saturated carbocycles. The summed E-state index contributed by atoms with van der Waals surface area (Å²) in [4.78, 5) is 7.15. The predicted octanol–water partition coefficient (Wildman–Crippen LogP) is 2.87. The fourth-order valence-electron chi connectivity index (χ4n) is 3.67. The molecule has 1 saturated heterocycles. The van der Waals surface area contributed by atoms with Crippen molar-refractivity contribution in [2.24, 2.45) is 11.7 Å². The summed E-state index contributed by atoms with van der Waals surface area (Å²) in [6.45, 7) is 3.21. The van der Waals surface area contributed by atoms with Crippen molar-refractivity contribution < 1.29 is 0 Å². The van der Waals surface area contributed by atoms with Crippen LogP contribution in [0.15, 0.2) is 18.3 Å². The van der Waals surface area contributed by atoms with Crippen LogP contribution >= 0.6 is 0 Å². The van der Waals surface area contributed by atoms with Crippen LogP contribution in [-0.4, -0.2) is 17.6 Å². The molecule has 0 spiro atoms. The number of anilines is 1. The van der Waals surface area contributed by atoms with Crippen molar-refractivity contribution >= 4 is 5.82 Å². The number of hydrogen-bond donors (Lipinski definition) is 1. The van der Waals surface area contributed by atoms with Crippen LogP contribution < -0.4 is 10.6 Å². The number of nitrogens with two attached hydrogens (primary N) is 1. The maximum absolute atomic E-state index is 6.08. The minimum atomic E-state index is 0.0661. The van der Waals surface area contributed by atoms with Gasteiger partial charge < -0.3 is 10.6 Å². The largest absolute Gasteiger partial charge is 0.353 e. The lowest BCUT2D eigenvalue weighted by Gasteiger charge is -2.33. The van der Waals surface area contributed by atoms with Gasteiger partial charge in [0.2, 0.25) is 0 Å². The van der Waals surface area contributed by atoms with E-state index in [0.717, 1.165) is 18.3 Å². The van der Waals surface area contributed by atoms with E-state index in [0.29, 0.717) is 6.04 Å². The summed E-state index contributed by atoms with van der Waals surface area (Å²) in [5.74, 6) is 2.03. The molecule has 3 heteroatoms. The van der Waals surface area contributed by atoms with Gasteiger partial charge in [-0.1, -0.05) is 18.9 Å². The fourth-order valence-corrected chi connectivity index (χ4v) is 3.67. The highest BCUT2D eigenvalue weighted by molar-refractivity contribution is 5.50. The first-order chi connectivity index (χ1) is 8.77. The van der Waals surface area contributed by atoms with Crippen LogP contribution in [0.2, 0.25) is 0 Å². The molecule has 1 aromatic heterocycles. The zero-order valence-corrected chi connectivity index (χ0v) is 11.2. The molecule has 1 aromatic rings.